The molecule has 0 radical (unpaired) electrons. The molecule has 12 heavy (non-hydrogen) atoms. The van der Waals surface area contributed by atoms with Crippen molar-refractivity contribution in [1.29, 1.82) is 0 Å². The lowest BCUT2D eigenvalue weighted by Gasteiger charge is -2.06. The van der Waals surface area contributed by atoms with Crippen molar-refractivity contribution in [1.82, 2.24) is 20.2 Å². The van der Waals surface area contributed by atoms with E-state index in [9.17, 15) is 0 Å². The number of nitrogens with zero attached hydrogens (tertiary/aromatic N) is 4. The Hall–Kier alpha value is -0.970. The van der Waals surface area contributed by atoms with Gasteiger partial charge in [0.05, 0.1) is 6.61 Å². The van der Waals surface area contributed by atoms with Crippen LogP contribution in [0, 0.1) is 12.8 Å². The van der Waals surface area contributed by atoms with Crippen LogP contribution in [-0.2, 0) is 11.3 Å². The van der Waals surface area contributed by atoms with Crippen molar-refractivity contribution in [3.05, 3.63) is 5.82 Å². The van der Waals surface area contributed by atoms with Crippen LogP contribution in [0.3, 0.4) is 0 Å². The molecular weight excluding hydrogens is 156 g/mol. The van der Waals surface area contributed by atoms with Gasteiger partial charge in [0, 0.05) is 19.1 Å². The van der Waals surface area contributed by atoms with Crippen LogP contribution in [0.5, 0.6) is 0 Å². The van der Waals surface area contributed by atoms with Gasteiger partial charge in [-0.2, -0.15) is 0 Å². The van der Waals surface area contributed by atoms with E-state index in [2.05, 4.69) is 15.5 Å². The molecule has 1 aromatic rings. The van der Waals surface area contributed by atoms with E-state index in [1.54, 1.807) is 0 Å². The average molecular weight is 168 g/mol. The summed E-state index contributed by atoms with van der Waals surface area (Å²) < 4.78 is 7.10. The van der Waals surface area contributed by atoms with Gasteiger partial charge < -0.3 is 4.74 Å². The smallest absolute Gasteiger partial charge is 0.148 e. The quantitative estimate of drug-likeness (QED) is 0.624. The zero-order chi connectivity index (χ0) is 8.39. The number of hydrogen-bond acceptors (Lipinski definition) is 4. The van der Waals surface area contributed by atoms with E-state index < -0.39 is 0 Å². The van der Waals surface area contributed by atoms with Crippen molar-refractivity contribution in [2.24, 2.45) is 5.92 Å². The number of rotatable bonds is 2. The van der Waals surface area contributed by atoms with Crippen LogP contribution in [0.4, 0.5) is 0 Å². The zero-order valence-corrected chi connectivity index (χ0v) is 7.10. The van der Waals surface area contributed by atoms with Gasteiger partial charge in [-0.05, 0) is 23.8 Å². The van der Waals surface area contributed by atoms with Gasteiger partial charge in [0.1, 0.15) is 5.82 Å². The highest BCUT2D eigenvalue weighted by Crippen LogP contribution is 2.14. The van der Waals surface area contributed by atoms with Crippen molar-refractivity contribution in [3.8, 4) is 0 Å². The summed E-state index contributed by atoms with van der Waals surface area (Å²) in [5, 5.41) is 11.3. The molecule has 5 heteroatoms. The Bertz CT molecular complexity index is 254. The molecule has 0 aliphatic carbocycles. The molecule has 0 N–H and O–H groups in total. The second kappa shape index (κ2) is 3.18. The van der Waals surface area contributed by atoms with E-state index in [0.717, 1.165) is 32.0 Å². The lowest BCUT2D eigenvalue weighted by Crippen LogP contribution is -2.13. The third-order valence-electron chi connectivity index (χ3n) is 2.17. The van der Waals surface area contributed by atoms with Crippen LogP contribution in [0.2, 0.25) is 0 Å². The van der Waals surface area contributed by atoms with Crippen LogP contribution < -0.4 is 0 Å². The standard InChI is InChI=1S/C7H12N4O/c1-6-8-9-10-11(6)4-7-2-3-12-5-7/h7H,2-5H2,1H3. The fourth-order valence-electron chi connectivity index (χ4n) is 1.39. The zero-order valence-electron chi connectivity index (χ0n) is 7.10. The van der Waals surface area contributed by atoms with Crippen LogP contribution in [-0.4, -0.2) is 33.4 Å². The number of hydrogen-bond donors (Lipinski definition) is 0. The molecule has 1 aromatic heterocycles. The Morgan fingerprint density at radius 3 is 3.17 bits per heavy atom. The summed E-state index contributed by atoms with van der Waals surface area (Å²) in [5.41, 5.74) is 0. The average Bonchev–Trinajstić information content (AvgIpc) is 2.65. The maximum absolute atomic E-state index is 5.26. The van der Waals surface area contributed by atoms with Gasteiger partial charge in [-0.25, -0.2) is 4.68 Å². The predicted octanol–water partition coefficient (Wildman–Crippen LogP) is 0.0180. The molecule has 1 aliphatic rings. The first-order valence-corrected chi connectivity index (χ1v) is 4.17. The van der Waals surface area contributed by atoms with Crippen LogP contribution in [0.15, 0.2) is 0 Å². The highest BCUT2D eigenvalue weighted by Gasteiger charge is 2.17. The van der Waals surface area contributed by atoms with Gasteiger partial charge in [-0.3, -0.25) is 0 Å². The summed E-state index contributed by atoms with van der Waals surface area (Å²) >= 11 is 0. The summed E-state index contributed by atoms with van der Waals surface area (Å²) in [6, 6.07) is 0. The van der Waals surface area contributed by atoms with Crippen molar-refractivity contribution >= 4 is 0 Å². The molecule has 1 saturated heterocycles. The number of aryl methyl sites for hydroxylation is 1. The molecule has 0 bridgehead atoms. The van der Waals surface area contributed by atoms with E-state index in [-0.39, 0.29) is 0 Å². The number of aromatic nitrogens is 4. The van der Waals surface area contributed by atoms with E-state index >= 15 is 0 Å². The topological polar surface area (TPSA) is 52.8 Å². The second-order valence-corrected chi connectivity index (χ2v) is 3.14. The predicted molar refractivity (Wildman–Crippen MR) is 41.5 cm³/mol. The largest absolute Gasteiger partial charge is 0.381 e. The van der Waals surface area contributed by atoms with Gasteiger partial charge in [-0.15, -0.1) is 5.10 Å². The molecule has 1 atom stereocenters. The van der Waals surface area contributed by atoms with Gasteiger partial charge in [-0.1, -0.05) is 0 Å². The Labute approximate surface area is 70.7 Å². The lowest BCUT2D eigenvalue weighted by molar-refractivity contribution is 0.181. The van der Waals surface area contributed by atoms with Gasteiger partial charge >= 0.3 is 0 Å². The molecule has 1 unspecified atom stereocenters. The third-order valence-corrected chi connectivity index (χ3v) is 2.17. The van der Waals surface area contributed by atoms with E-state index in [4.69, 9.17) is 4.74 Å². The van der Waals surface area contributed by atoms with Crippen molar-refractivity contribution in [2.45, 2.75) is 19.9 Å². The summed E-state index contributed by atoms with van der Waals surface area (Å²) in [6.07, 6.45) is 1.12. The fraction of sp³-hybridized carbons (Fsp3) is 0.857. The van der Waals surface area contributed by atoms with Crippen molar-refractivity contribution in [3.63, 3.8) is 0 Å². The molecule has 66 valence electrons. The summed E-state index contributed by atoms with van der Waals surface area (Å²) in [6.45, 7) is 4.53. The number of ether oxygens (including phenoxy) is 1. The van der Waals surface area contributed by atoms with Crippen LogP contribution in [0.1, 0.15) is 12.2 Å². The molecule has 1 aliphatic heterocycles. The minimum atomic E-state index is 0.590. The summed E-state index contributed by atoms with van der Waals surface area (Å²) in [7, 11) is 0. The van der Waals surface area contributed by atoms with E-state index in [1.807, 2.05) is 11.6 Å². The van der Waals surface area contributed by atoms with Gasteiger partial charge in [0.15, 0.2) is 0 Å². The SMILES string of the molecule is Cc1nnnn1CC1CCOC1. The molecule has 2 heterocycles. The van der Waals surface area contributed by atoms with E-state index in [1.165, 1.54) is 0 Å². The molecular formula is C7H12N4O. The maximum atomic E-state index is 5.26. The third kappa shape index (κ3) is 1.45. The molecule has 0 spiro atoms. The van der Waals surface area contributed by atoms with Crippen LogP contribution >= 0.6 is 0 Å². The van der Waals surface area contributed by atoms with E-state index in [0.29, 0.717) is 5.92 Å². The molecule has 0 aromatic carbocycles. The van der Waals surface area contributed by atoms with Crippen molar-refractivity contribution in [2.75, 3.05) is 13.2 Å². The Morgan fingerprint density at radius 1 is 1.67 bits per heavy atom. The van der Waals surface area contributed by atoms with Crippen molar-refractivity contribution < 1.29 is 4.74 Å². The molecule has 5 nitrogen and oxygen atoms in total. The first-order valence-electron chi connectivity index (χ1n) is 4.17. The van der Waals surface area contributed by atoms with Gasteiger partial charge in [0.25, 0.3) is 0 Å². The monoisotopic (exact) mass is 168 g/mol. The first-order chi connectivity index (χ1) is 5.86. The molecule has 0 amide bonds. The highest BCUT2D eigenvalue weighted by atomic mass is 16.5. The Morgan fingerprint density at radius 2 is 2.58 bits per heavy atom. The molecule has 1 fully saturated rings. The minimum Gasteiger partial charge on any atom is -0.381 e. The minimum absolute atomic E-state index is 0.590. The Kier molecular flexibility index (Phi) is 2.03. The molecule has 0 saturated carbocycles. The number of tetrazole rings is 1. The Balaban J connectivity index is 1.98. The first kappa shape index (κ1) is 7.67. The maximum Gasteiger partial charge on any atom is 0.148 e. The normalized spacial score (nSPS) is 23.2. The van der Waals surface area contributed by atoms with Gasteiger partial charge in [0.2, 0.25) is 0 Å². The summed E-state index contributed by atoms with van der Waals surface area (Å²) in [5.74, 6) is 1.47. The molecule has 2 rings (SSSR count). The van der Waals surface area contributed by atoms with Crippen LogP contribution in [0.25, 0.3) is 0 Å². The highest BCUT2D eigenvalue weighted by molar-refractivity contribution is 4.75. The lowest BCUT2D eigenvalue weighted by atomic mass is 10.1. The summed E-state index contributed by atoms with van der Waals surface area (Å²) in [4.78, 5) is 0. The fourth-order valence-corrected chi connectivity index (χ4v) is 1.39. The second-order valence-electron chi connectivity index (χ2n) is 3.14.